The third kappa shape index (κ3) is 4.50. The molecule has 1 aromatic heterocycles. The van der Waals surface area contributed by atoms with E-state index < -0.39 is 10.1 Å². The molecule has 4 rings (SSSR count). The molecule has 1 amide bonds. The summed E-state index contributed by atoms with van der Waals surface area (Å²) >= 11 is 0. The highest BCUT2D eigenvalue weighted by molar-refractivity contribution is 7.87. The van der Waals surface area contributed by atoms with Crippen LogP contribution in [-0.2, 0) is 16.7 Å². The van der Waals surface area contributed by atoms with Crippen molar-refractivity contribution in [3.63, 3.8) is 0 Å². The predicted molar refractivity (Wildman–Crippen MR) is 122 cm³/mol. The Balaban J connectivity index is 1.46. The standard InChI is InChI=1S/C24H23N3O4S/c1-16-8-9-17(2)22(14-16)32(29,30)31-19-12-10-18(11-13-19)24(28)27(3)15-23-25-20-6-4-5-7-21(20)26-23/h4-14H,15H2,1-3H3,(H,25,26). The molecule has 8 heteroatoms. The van der Waals surface area contributed by atoms with Crippen molar-refractivity contribution in [3.8, 4) is 5.75 Å². The van der Waals surface area contributed by atoms with Gasteiger partial charge < -0.3 is 14.1 Å². The van der Waals surface area contributed by atoms with Crippen molar-refractivity contribution in [2.24, 2.45) is 0 Å². The first-order valence-electron chi connectivity index (χ1n) is 10.0. The molecule has 0 aliphatic carbocycles. The maximum atomic E-state index is 12.8. The van der Waals surface area contributed by atoms with Gasteiger partial charge in [-0.3, -0.25) is 4.79 Å². The fourth-order valence-corrected chi connectivity index (χ4v) is 4.65. The van der Waals surface area contributed by atoms with Gasteiger partial charge in [-0.05, 0) is 67.4 Å². The van der Waals surface area contributed by atoms with Crippen LogP contribution >= 0.6 is 0 Å². The summed E-state index contributed by atoms with van der Waals surface area (Å²) in [5.41, 5.74) is 3.60. The summed E-state index contributed by atoms with van der Waals surface area (Å²) in [6.45, 7) is 3.85. The van der Waals surface area contributed by atoms with Crippen molar-refractivity contribution in [2.45, 2.75) is 25.3 Å². The number of hydrogen-bond donors (Lipinski definition) is 1. The number of nitrogens with one attached hydrogen (secondary N) is 1. The van der Waals surface area contributed by atoms with Crippen molar-refractivity contribution in [3.05, 3.63) is 89.2 Å². The monoisotopic (exact) mass is 449 g/mol. The van der Waals surface area contributed by atoms with Crippen LogP contribution in [0.1, 0.15) is 27.3 Å². The van der Waals surface area contributed by atoms with E-state index in [4.69, 9.17) is 4.18 Å². The number of aryl methyl sites for hydroxylation is 2. The predicted octanol–water partition coefficient (Wildman–Crippen LogP) is 4.22. The Morgan fingerprint density at radius 1 is 1.03 bits per heavy atom. The van der Waals surface area contributed by atoms with Crippen LogP contribution in [0.4, 0.5) is 0 Å². The van der Waals surface area contributed by atoms with Crippen molar-refractivity contribution >= 4 is 27.1 Å². The Morgan fingerprint density at radius 2 is 1.75 bits per heavy atom. The summed E-state index contributed by atoms with van der Waals surface area (Å²) in [7, 11) is -2.29. The minimum absolute atomic E-state index is 0.128. The summed E-state index contributed by atoms with van der Waals surface area (Å²) in [5, 5.41) is 0. The molecule has 164 valence electrons. The second kappa shape index (κ2) is 8.47. The molecule has 0 aliphatic heterocycles. The molecule has 0 unspecified atom stereocenters. The number of rotatable bonds is 6. The van der Waals surface area contributed by atoms with Gasteiger partial charge in [-0.25, -0.2) is 4.98 Å². The Morgan fingerprint density at radius 3 is 2.47 bits per heavy atom. The Labute approximate surface area is 186 Å². The minimum atomic E-state index is -3.98. The Hall–Kier alpha value is -3.65. The number of carbonyl (C=O) groups excluding carboxylic acids is 1. The maximum Gasteiger partial charge on any atom is 0.339 e. The highest BCUT2D eigenvalue weighted by atomic mass is 32.2. The van der Waals surface area contributed by atoms with Gasteiger partial charge in [-0.2, -0.15) is 8.42 Å². The molecule has 3 aromatic carbocycles. The SMILES string of the molecule is Cc1ccc(C)c(S(=O)(=O)Oc2ccc(C(=O)N(C)Cc3nc4ccccc4[nH]3)cc2)c1. The van der Waals surface area contributed by atoms with Crippen molar-refractivity contribution in [2.75, 3.05) is 7.05 Å². The number of H-pyrrole nitrogens is 1. The molecule has 0 atom stereocenters. The Bertz CT molecular complexity index is 1360. The third-order valence-electron chi connectivity index (χ3n) is 5.09. The number of fused-ring (bicyclic) bond motifs is 1. The molecule has 0 saturated carbocycles. The topological polar surface area (TPSA) is 92.4 Å². The van der Waals surface area contributed by atoms with Gasteiger partial charge in [0.2, 0.25) is 0 Å². The highest BCUT2D eigenvalue weighted by Gasteiger charge is 2.20. The number of aromatic nitrogens is 2. The van der Waals surface area contributed by atoms with E-state index in [9.17, 15) is 13.2 Å². The van der Waals surface area contributed by atoms with E-state index >= 15 is 0 Å². The van der Waals surface area contributed by atoms with Crippen LogP contribution in [0.2, 0.25) is 0 Å². The van der Waals surface area contributed by atoms with Gasteiger partial charge in [0.1, 0.15) is 16.5 Å². The van der Waals surface area contributed by atoms with Crippen LogP contribution < -0.4 is 4.18 Å². The molecule has 4 aromatic rings. The maximum absolute atomic E-state index is 12.8. The summed E-state index contributed by atoms with van der Waals surface area (Å²) < 4.78 is 30.6. The van der Waals surface area contributed by atoms with Gasteiger partial charge in [-0.15, -0.1) is 0 Å². The summed E-state index contributed by atoms with van der Waals surface area (Å²) in [4.78, 5) is 22.1. The minimum Gasteiger partial charge on any atom is -0.379 e. The summed E-state index contributed by atoms with van der Waals surface area (Å²) in [6, 6.07) is 18.9. The first-order chi connectivity index (χ1) is 15.2. The molecule has 7 nitrogen and oxygen atoms in total. The number of para-hydroxylation sites is 2. The van der Waals surface area contributed by atoms with Crippen molar-refractivity contribution in [1.29, 1.82) is 0 Å². The zero-order valence-corrected chi connectivity index (χ0v) is 18.8. The number of amides is 1. The third-order valence-corrected chi connectivity index (χ3v) is 6.48. The lowest BCUT2D eigenvalue weighted by molar-refractivity contribution is 0.0782. The van der Waals surface area contributed by atoms with Gasteiger partial charge in [0, 0.05) is 12.6 Å². The van der Waals surface area contributed by atoms with Gasteiger partial charge in [-0.1, -0.05) is 24.3 Å². The average molecular weight is 450 g/mol. The number of imidazole rings is 1. The van der Waals surface area contributed by atoms with Crippen LogP contribution in [0.25, 0.3) is 11.0 Å². The second-order valence-corrected chi connectivity index (χ2v) is 9.21. The van der Waals surface area contributed by atoms with E-state index in [2.05, 4.69) is 9.97 Å². The molecule has 32 heavy (non-hydrogen) atoms. The molecule has 0 bridgehead atoms. The van der Waals surface area contributed by atoms with Crippen molar-refractivity contribution < 1.29 is 17.4 Å². The van der Waals surface area contributed by atoms with Gasteiger partial charge in [0.15, 0.2) is 0 Å². The molecule has 0 fully saturated rings. The van der Waals surface area contributed by atoms with E-state index in [1.807, 2.05) is 37.3 Å². The lowest BCUT2D eigenvalue weighted by Gasteiger charge is -2.16. The Kier molecular flexibility index (Phi) is 5.71. The number of hydrogen-bond acceptors (Lipinski definition) is 5. The van der Waals surface area contributed by atoms with Crippen LogP contribution in [-0.4, -0.2) is 36.2 Å². The number of carbonyl (C=O) groups is 1. The lowest BCUT2D eigenvalue weighted by atomic mass is 10.2. The second-order valence-electron chi connectivity index (χ2n) is 7.69. The van der Waals surface area contributed by atoms with E-state index in [0.717, 1.165) is 16.6 Å². The number of nitrogens with zero attached hydrogens (tertiary/aromatic N) is 2. The van der Waals surface area contributed by atoms with Crippen LogP contribution in [0.3, 0.4) is 0 Å². The largest absolute Gasteiger partial charge is 0.379 e. The summed E-state index contributed by atoms with van der Waals surface area (Å²) in [6.07, 6.45) is 0. The van der Waals surface area contributed by atoms with E-state index in [0.29, 0.717) is 23.5 Å². The zero-order valence-electron chi connectivity index (χ0n) is 18.0. The fraction of sp³-hybridized carbons (Fsp3) is 0.167. The molecule has 0 spiro atoms. The van der Waals surface area contributed by atoms with Gasteiger partial charge in [0.05, 0.1) is 17.6 Å². The fourth-order valence-electron chi connectivity index (χ4n) is 3.40. The molecular weight excluding hydrogens is 426 g/mol. The molecular formula is C24H23N3O4S. The molecule has 1 N–H and O–H groups in total. The highest BCUT2D eigenvalue weighted by Crippen LogP contribution is 2.23. The quantitative estimate of drug-likeness (QED) is 0.445. The summed E-state index contributed by atoms with van der Waals surface area (Å²) in [5.74, 6) is 0.610. The first kappa shape index (κ1) is 21.6. The van der Waals surface area contributed by atoms with Crippen LogP contribution in [0, 0.1) is 13.8 Å². The van der Waals surface area contributed by atoms with E-state index in [-0.39, 0.29) is 16.6 Å². The molecule has 0 saturated heterocycles. The van der Waals surface area contributed by atoms with Crippen molar-refractivity contribution in [1.82, 2.24) is 14.9 Å². The van der Waals surface area contributed by atoms with E-state index in [1.54, 1.807) is 43.1 Å². The molecule has 1 heterocycles. The number of benzene rings is 3. The van der Waals surface area contributed by atoms with Gasteiger partial charge >= 0.3 is 10.1 Å². The zero-order chi connectivity index (χ0) is 22.9. The number of aromatic amines is 1. The average Bonchev–Trinajstić information content (AvgIpc) is 3.17. The van der Waals surface area contributed by atoms with Gasteiger partial charge in [0.25, 0.3) is 5.91 Å². The smallest absolute Gasteiger partial charge is 0.339 e. The molecule has 0 aliphatic rings. The van der Waals surface area contributed by atoms with Crippen LogP contribution in [0.5, 0.6) is 5.75 Å². The first-order valence-corrected chi connectivity index (χ1v) is 11.4. The normalized spacial score (nSPS) is 11.5. The lowest BCUT2D eigenvalue weighted by Crippen LogP contribution is -2.26. The molecule has 0 radical (unpaired) electrons. The van der Waals surface area contributed by atoms with E-state index in [1.165, 1.54) is 12.1 Å². The van der Waals surface area contributed by atoms with Crippen LogP contribution in [0.15, 0.2) is 71.6 Å².